The van der Waals surface area contributed by atoms with Crippen molar-refractivity contribution >= 4 is 23.2 Å². The van der Waals surface area contributed by atoms with Crippen LogP contribution in [-0.4, -0.2) is 47.4 Å². The molecule has 2 aromatic carbocycles. The molecule has 4 rings (SSSR count). The molecule has 1 amide bonds. The standard InChI is InChI=1S/C30H32N2O4S/c1-4-6-24(17-29(33)34)23-9-11-26(12-10-23)36-20-22-8-5-7-21(15-22)18-32-14-13-27-25(19-32)16-28(37-27)30(35)31(2)3/h5,7-12,15-16,24H,13-14,17-20H2,1-3H3,(H,33,34). The molecule has 7 heteroatoms. The summed E-state index contributed by atoms with van der Waals surface area (Å²) in [6.07, 6.45) is 0.949. The van der Waals surface area contributed by atoms with Gasteiger partial charge >= 0.3 is 5.97 Å². The van der Waals surface area contributed by atoms with Crippen LogP contribution < -0.4 is 4.74 Å². The maximum atomic E-state index is 12.3. The van der Waals surface area contributed by atoms with Crippen molar-refractivity contribution < 1.29 is 19.4 Å². The average molecular weight is 517 g/mol. The summed E-state index contributed by atoms with van der Waals surface area (Å²) in [4.78, 5) is 29.7. The number of hydrogen-bond acceptors (Lipinski definition) is 5. The van der Waals surface area contributed by atoms with Crippen molar-refractivity contribution in [1.82, 2.24) is 9.80 Å². The summed E-state index contributed by atoms with van der Waals surface area (Å²) in [6, 6.07) is 18.0. The van der Waals surface area contributed by atoms with Crippen LogP contribution in [0.2, 0.25) is 0 Å². The largest absolute Gasteiger partial charge is 0.489 e. The van der Waals surface area contributed by atoms with Crippen LogP contribution in [0.3, 0.4) is 0 Å². The maximum Gasteiger partial charge on any atom is 0.304 e. The van der Waals surface area contributed by atoms with E-state index in [4.69, 9.17) is 9.84 Å². The molecule has 0 spiro atoms. The van der Waals surface area contributed by atoms with Gasteiger partial charge in [0.05, 0.1) is 17.2 Å². The van der Waals surface area contributed by atoms with Crippen LogP contribution in [0.15, 0.2) is 54.6 Å². The van der Waals surface area contributed by atoms with Crippen LogP contribution in [0, 0.1) is 11.8 Å². The van der Waals surface area contributed by atoms with Crippen LogP contribution in [0.4, 0.5) is 0 Å². The van der Waals surface area contributed by atoms with Crippen molar-refractivity contribution in [3.8, 4) is 17.6 Å². The molecule has 0 saturated carbocycles. The molecule has 1 aliphatic rings. The van der Waals surface area contributed by atoms with Crippen LogP contribution in [-0.2, 0) is 30.9 Å². The third kappa shape index (κ3) is 7.00. The van der Waals surface area contributed by atoms with Gasteiger partial charge < -0.3 is 14.7 Å². The zero-order valence-corrected chi connectivity index (χ0v) is 22.3. The molecule has 0 bridgehead atoms. The van der Waals surface area contributed by atoms with E-state index in [2.05, 4.69) is 47.1 Å². The molecular weight excluding hydrogens is 484 g/mol. The van der Waals surface area contributed by atoms with Gasteiger partial charge in [0.1, 0.15) is 12.4 Å². The Morgan fingerprint density at radius 3 is 2.59 bits per heavy atom. The third-order valence-electron chi connectivity index (χ3n) is 6.35. The molecule has 0 aliphatic carbocycles. The monoisotopic (exact) mass is 516 g/mol. The fourth-order valence-corrected chi connectivity index (χ4v) is 5.68. The average Bonchev–Trinajstić information content (AvgIpc) is 3.30. The van der Waals surface area contributed by atoms with Crippen molar-refractivity contribution in [3.05, 3.63) is 86.6 Å². The van der Waals surface area contributed by atoms with Crippen molar-refractivity contribution in [2.75, 3.05) is 20.6 Å². The predicted octanol–water partition coefficient (Wildman–Crippen LogP) is 5.17. The SMILES string of the molecule is CC#CC(CC(=O)O)c1ccc(OCc2cccc(CN3CCc4sc(C(=O)N(C)C)cc4C3)c2)cc1. The Bertz CT molecular complexity index is 1320. The van der Waals surface area contributed by atoms with E-state index in [0.717, 1.165) is 47.8 Å². The number of hydrogen-bond donors (Lipinski definition) is 1. The number of rotatable bonds is 9. The lowest BCUT2D eigenvalue weighted by Crippen LogP contribution is -2.29. The number of carboxylic acid groups (broad SMARTS) is 1. The third-order valence-corrected chi connectivity index (χ3v) is 7.57. The van der Waals surface area contributed by atoms with Crippen molar-refractivity contribution in [2.24, 2.45) is 0 Å². The van der Waals surface area contributed by atoms with E-state index in [1.807, 2.05) is 24.3 Å². The van der Waals surface area contributed by atoms with Gasteiger partial charge in [0, 0.05) is 38.6 Å². The maximum absolute atomic E-state index is 12.3. The number of benzene rings is 2. The molecule has 37 heavy (non-hydrogen) atoms. The second-order valence-electron chi connectivity index (χ2n) is 9.44. The summed E-state index contributed by atoms with van der Waals surface area (Å²) < 4.78 is 6.00. The Morgan fingerprint density at radius 1 is 1.14 bits per heavy atom. The first-order valence-corrected chi connectivity index (χ1v) is 13.1. The molecule has 0 fully saturated rings. The van der Waals surface area contributed by atoms with Crippen molar-refractivity contribution in [1.29, 1.82) is 0 Å². The number of aliphatic carboxylic acids is 1. The highest BCUT2D eigenvalue weighted by Gasteiger charge is 2.22. The first-order valence-electron chi connectivity index (χ1n) is 12.3. The van der Waals surface area contributed by atoms with Gasteiger partial charge in [-0.15, -0.1) is 17.3 Å². The second-order valence-corrected chi connectivity index (χ2v) is 10.6. The van der Waals surface area contributed by atoms with Crippen LogP contribution >= 0.6 is 11.3 Å². The van der Waals surface area contributed by atoms with Crippen LogP contribution in [0.1, 0.15) is 56.1 Å². The molecule has 192 valence electrons. The minimum atomic E-state index is -0.863. The number of fused-ring (bicyclic) bond motifs is 1. The van der Waals surface area contributed by atoms with E-state index >= 15 is 0 Å². The number of carbonyl (C=O) groups excluding carboxylic acids is 1. The predicted molar refractivity (Wildman–Crippen MR) is 146 cm³/mol. The Kier molecular flexibility index (Phi) is 8.65. The Balaban J connectivity index is 1.34. The van der Waals surface area contributed by atoms with Gasteiger partial charge in [0.2, 0.25) is 0 Å². The molecule has 0 radical (unpaired) electrons. The number of nitrogens with zero attached hydrogens (tertiary/aromatic N) is 2. The molecule has 1 aliphatic heterocycles. The Labute approximate surface area is 222 Å². The van der Waals surface area contributed by atoms with Gasteiger partial charge in [-0.1, -0.05) is 42.3 Å². The van der Waals surface area contributed by atoms with E-state index in [1.165, 1.54) is 16.0 Å². The number of carbonyl (C=O) groups is 2. The lowest BCUT2D eigenvalue weighted by molar-refractivity contribution is -0.137. The summed E-state index contributed by atoms with van der Waals surface area (Å²) in [7, 11) is 3.58. The summed E-state index contributed by atoms with van der Waals surface area (Å²) in [6.45, 7) is 4.84. The first kappa shape index (κ1) is 26.5. The van der Waals surface area contributed by atoms with Gasteiger partial charge in [-0.3, -0.25) is 14.5 Å². The number of amides is 1. The summed E-state index contributed by atoms with van der Waals surface area (Å²) in [5.41, 5.74) is 4.46. The van der Waals surface area contributed by atoms with E-state index in [1.54, 1.807) is 37.3 Å². The smallest absolute Gasteiger partial charge is 0.304 e. The zero-order valence-electron chi connectivity index (χ0n) is 21.5. The normalized spacial score (nSPS) is 13.7. The van der Waals surface area contributed by atoms with Crippen molar-refractivity contribution in [3.63, 3.8) is 0 Å². The minimum Gasteiger partial charge on any atom is -0.489 e. The minimum absolute atomic E-state index is 0.0199. The van der Waals surface area contributed by atoms with E-state index in [-0.39, 0.29) is 18.2 Å². The quantitative estimate of drug-likeness (QED) is 0.398. The molecule has 6 nitrogen and oxygen atoms in total. The topological polar surface area (TPSA) is 70.1 Å². The van der Waals surface area contributed by atoms with E-state index in [0.29, 0.717) is 6.61 Å². The fourth-order valence-electron chi connectivity index (χ4n) is 4.49. The van der Waals surface area contributed by atoms with Gasteiger partial charge in [0.15, 0.2) is 0 Å². The van der Waals surface area contributed by atoms with Gasteiger partial charge in [0.25, 0.3) is 5.91 Å². The molecule has 3 aromatic rings. The highest BCUT2D eigenvalue weighted by molar-refractivity contribution is 7.14. The van der Waals surface area contributed by atoms with E-state index in [9.17, 15) is 9.59 Å². The van der Waals surface area contributed by atoms with Gasteiger partial charge in [-0.05, 0) is 53.8 Å². The Hall–Kier alpha value is -3.60. The van der Waals surface area contributed by atoms with Gasteiger partial charge in [-0.2, -0.15) is 0 Å². The Morgan fingerprint density at radius 2 is 1.89 bits per heavy atom. The molecule has 1 atom stereocenters. The lowest BCUT2D eigenvalue weighted by atomic mass is 9.96. The molecule has 2 heterocycles. The summed E-state index contributed by atoms with van der Waals surface area (Å²) >= 11 is 1.63. The fraction of sp³-hybridized carbons (Fsp3) is 0.333. The summed E-state index contributed by atoms with van der Waals surface area (Å²) in [5.74, 6) is 5.41. The summed E-state index contributed by atoms with van der Waals surface area (Å²) in [5, 5.41) is 9.14. The highest BCUT2D eigenvalue weighted by atomic mass is 32.1. The second kappa shape index (κ2) is 12.1. The molecule has 1 unspecified atom stereocenters. The molecule has 0 saturated heterocycles. The molecule has 1 aromatic heterocycles. The number of ether oxygens (including phenoxy) is 1. The van der Waals surface area contributed by atoms with Crippen LogP contribution in [0.25, 0.3) is 0 Å². The molecular formula is C30H32N2O4S. The highest BCUT2D eigenvalue weighted by Crippen LogP contribution is 2.29. The van der Waals surface area contributed by atoms with E-state index < -0.39 is 5.97 Å². The first-order chi connectivity index (χ1) is 17.8. The number of thiophene rings is 1. The van der Waals surface area contributed by atoms with Gasteiger partial charge in [-0.25, -0.2) is 0 Å². The van der Waals surface area contributed by atoms with Crippen molar-refractivity contribution in [2.45, 2.75) is 45.4 Å². The lowest BCUT2D eigenvalue weighted by Gasteiger charge is -2.26. The van der Waals surface area contributed by atoms with Crippen LogP contribution in [0.5, 0.6) is 5.75 Å². The molecule has 1 N–H and O–H groups in total. The number of carboxylic acids is 1. The zero-order chi connectivity index (χ0) is 26.4.